The lowest BCUT2D eigenvalue weighted by Gasteiger charge is -2.11. The van der Waals surface area contributed by atoms with Gasteiger partial charge in [0.1, 0.15) is 0 Å². The third-order valence-corrected chi connectivity index (χ3v) is 3.81. The van der Waals surface area contributed by atoms with Crippen LogP contribution in [0.25, 0.3) is 0 Å². The minimum atomic E-state index is 0.904. The monoisotopic (exact) mass is 293 g/mol. The Balaban J connectivity index is 2.16. The van der Waals surface area contributed by atoms with Crippen molar-refractivity contribution in [2.75, 3.05) is 32.1 Å². The summed E-state index contributed by atoms with van der Waals surface area (Å²) in [4.78, 5) is 4.24. The summed E-state index contributed by atoms with van der Waals surface area (Å²) in [5.41, 5.74) is 2.67. The van der Waals surface area contributed by atoms with Crippen LogP contribution in [0.1, 0.15) is 24.0 Å². The number of hydrogen-bond acceptors (Lipinski definition) is 2. The maximum Gasteiger partial charge on any atom is 0.190 e. The van der Waals surface area contributed by atoms with Crippen LogP contribution in [0.4, 0.5) is 0 Å². The smallest absolute Gasteiger partial charge is 0.190 e. The van der Waals surface area contributed by atoms with Crippen LogP contribution in [0.15, 0.2) is 29.3 Å². The van der Waals surface area contributed by atoms with Crippen molar-refractivity contribution in [2.45, 2.75) is 26.2 Å². The molecule has 0 amide bonds. The van der Waals surface area contributed by atoms with E-state index in [0.717, 1.165) is 25.5 Å². The topological polar surface area (TPSA) is 36.4 Å². The van der Waals surface area contributed by atoms with E-state index in [0.29, 0.717) is 0 Å². The standard InChI is InChI=1S/C16H27N3S/c1-14-6-8-15(9-7-14)10-12-19-16(17-2)18-11-4-5-13-20-3/h6-9H,4-5,10-13H2,1-3H3,(H2,17,18,19). The predicted octanol–water partition coefficient (Wildman–Crippen LogP) is 2.85. The van der Waals surface area contributed by atoms with E-state index < -0.39 is 0 Å². The van der Waals surface area contributed by atoms with E-state index in [9.17, 15) is 0 Å². The molecule has 0 spiro atoms. The van der Waals surface area contributed by atoms with Gasteiger partial charge in [0, 0.05) is 20.1 Å². The first-order chi connectivity index (χ1) is 9.76. The molecule has 0 aliphatic carbocycles. The van der Waals surface area contributed by atoms with Crippen LogP contribution in [0.2, 0.25) is 0 Å². The minimum absolute atomic E-state index is 0.904. The molecule has 1 aromatic rings. The summed E-state index contributed by atoms with van der Waals surface area (Å²) >= 11 is 1.91. The Kier molecular flexibility index (Phi) is 8.96. The van der Waals surface area contributed by atoms with E-state index >= 15 is 0 Å². The molecule has 0 heterocycles. The number of rotatable bonds is 8. The quantitative estimate of drug-likeness (QED) is 0.439. The average molecular weight is 293 g/mol. The van der Waals surface area contributed by atoms with Gasteiger partial charge in [-0.2, -0.15) is 11.8 Å². The van der Waals surface area contributed by atoms with E-state index in [-0.39, 0.29) is 0 Å². The van der Waals surface area contributed by atoms with Crippen molar-refractivity contribution < 1.29 is 0 Å². The number of aliphatic imine (C=N–C) groups is 1. The average Bonchev–Trinajstić information content (AvgIpc) is 2.47. The number of guanidine groups is 1. The predicted molar refractivity (Wildman–Crippen MR) is 91.9 cm³/mol. The highest BCUT2D eigenvalue weighted by molar-refractivity contribution is 7.98. The van der Waals surface area contributed by atoms with Crippen molar-refractivity contribution in [1.29, 1.82) is 0 Å². The van der Waals surface area contributed by atoms with Gasteiger partial charge in [0.05, 0.1) is 0 Å². The third kappa shape index (κ3) is 7.43. The van der Waals surface area contributed by atoms with Crippen molar-refractivity contribution in [3.8, 4) is 0 Å². The number of thioether (sulfide) groups is 1. The Bertz CT molecular complexity index is 387. The van der Waals surface area contributed by atoms with Crippen molar-refractivity contribution >= 4 is 17.7 Å². The Hall–Kier alpha value is -1.16. The first kappa shape index (κ1) is 16.9. The molecule has 1 aromatic carbocycles. The molecule has 0 saturated heterocycles. The van der Waals surface area contributed by atoms with Gasteiger partial charge in [-0.3, -0.25) is 4.99 Å². The molecular weight excluding hydrogens is 266 g/mol. The number of nitrogens with one attached hydrogen (secondary N) is 2. The molecule has 20 heavy (non-hydrogen) atoms. The summed E-state index contributed by atoms with van der Waals surface area (Å²) in [5, 5.41) is 6.71. The normalized spacial score (nSPS) is 11.4. The van der Waals surface area contributed by atoms with Crippen LogP contribution < -0.4 is 10.6 Å². The summed E-state index contributed by atoms with van der Waals surface area (Å²) < 4.78 is 0. The number of hydrogen-bond donors (Lipinski definition) is 2. The molecular formula is C16H27N3S. The van der Waals surface area contributed by atoms with Gasteiger partial charge in [-0.25, -0.2) is 0 Å². The van der Waals surface area contributed by atoms with Crippen LogP contribution >= 0.6 is 11.8 Å². The van der Waals surface area contributed by atoms with Gasteiger partial charge in [-0.15, -0.1) is 0 Å². The zero-order valence-corrected chi connectivity index (χ0v) is 13.7. The molecule has 3 nitrogen and oxygen atoms in total. The molecule has 0 unspecified atom stereocenters. The number of nitrogens with zero attached hydrogens (tertiary/aromatic N) is 1. The van der Waals surface area contributed by atoms with Crippen molar-refractivity contribution in [3.63, 3.8) is 0 Å². The fourth-order valence-electron chi connectivity index (χ4n) is 1.88. The van der Waals surface area contributed by atoms with Crippen LogP contribution in [0.3, 0.4) is 0 Å². The zero-order chi connectivity index (χ0) is 14.6. The largest absolute Gasteiger partial charge is 0.356 e. The van der Waals surface area contributed by atoms with Gasteiger partial charge in [0.2, 0.25) is 0 Å². The Morgan fingerprint density at radius 2 is 1.80 bits per heavy atom. The second-order valence-corrected chi connectivity index (χ2v) is 5.85. The van der Waals surface area contributed by atoms with Gasteiger partial charge in [-0.1, -0.05) is 29.8 Å². The number of benzene rings is 1. The van der Waals surface area contributed by atoms with Crippen LogP contribution in [0, 0.1) is 6.92 Å². The van der Waals surface area contributed by atoms with Gasteiger partial charge in [0.15, 0.2) is 5.96 Å². The summed E-state index contributed by atoms with van der Waals surface area (Å²) in [6.45, 7) is 4.02. The van der Waals surface area contributed by atoms with E-state index in [2.05, 4.69) is 53.1 Å². The molecule has 0 fully saturated rings. The Morgan fingerprint density at radius 1 is 1.10 bits per heavy atom. The third-order valence-electron chi connectivity index (χ3n) is 3.12. The molecule has 112 valence electrons. The van der Waals surface area contributed by atoms with Gasteiger partial charge >= 0.3 is 0 Å². The summed E-state index contributed by atoms with van der Waals surface area (Å²) in [6, 6.07) is 8.70. The van der Waals surface area contributed by atoms with Crippen molar-refractivity contribution in [1.82, 2.24) is 10.6 Å². The Labute approximate surface area is 127 Å². The fraction of sp³-hybridized carbons (Fsp3) is 0.562. The van der Waals surface area contributed by atoms with Crippen LogP contribution in [0.5, 0.6) is 0 Å². The van der Waals surface area contributed by atoms with Crippen molar-refractivity contribution in [3.05, 3.63) is 35.4 Å². The van der Waals surface area contributed by atoms with E-state index in [1.165, 1.54) is 29.7 Å². The van der Waals surface area contributed by atoms with E-state index in [1.54, 1.807) is 0 Å². The van der Waals surface area contributed by atoms with Gasteiger partial charge in [0.25, 0.3) is 0 Å². The van der Waals surface area contributed by atoms with Crippen molar-refractivity contribution in [2.24, 2.45) is 4.99 Å². The highest BCUT2D eigenvalue weighted by atomic mass is 32.2. The number of aryl methyl sites for hydroxylation is 1. The van der Waals surface area contributed by atoms with Gasteiger partial charge < -0.3 is 10.6 Å². The summed E-state index contributed by atoms with van der Waals surface area (Å²) in [7, 11) is 1.82. The molecule has 0 saturated carbocycles. The lowest BCUT2D eigenvalue weighted by molar-refractivity contribution is 0.730. The van der Waals surface area contributed by atoms with E-state index in [4.69, 9.17) is 0 Å². The van der Waals surface area contributed by atoms with E-state index in [1.807, 2.05) is 18.8 Å². The maximum absolute atomic E-state index is 4.24. The number of unbranched alkanes of at least 4 members (excludes halogenated alkanes) is 1. The second-order valence-electron chi connectivity index (χ2n) is 4.86. The van der Waals surface area contributed by atoms with Crippen LogP contribution in [-0.2, 0) is 6.42 Å². The molecule has 1 rings (SSSR count). The minimum Gasteiger partial charge on any atom is -0.356 e. The second kappa shape index (κ2) is 10.6. The first-order valence-electron chi connectivity index (χ1n) is 7.25. The molecule has 0 aliphatic heterocycles. The lowest BCUT2D eigenvalue weighted by Crippen LogP contribution is -2.38. The molecule has 0 aliphatic rings. The maximum atomic E-state index is 4.24. The van der Waals surface area contributed by atoms with Gasteiger partial charge in [-0.05, 0) is 43.8 Å². The zero-order valence-electron chi connectivity index (χ0n) is 12.9. The molecule has 0 atom stereocenters. The molecule has 2 N–H and O–H groups in total. The summed E-state index contributed by atoms with van der Waals surface area (Å²) in [6.07, 6.45) is 5.63. The van der Waals surface area contributed by atoms with Crippen LogP contribution in [-0.4, -0.2) is 38.1 Å². The fourth-order valence-corrected chi connectivity index (χ4v) is 2.37. The molecule has 0 aromatic heterocycles. The first-order valence-corrected chi connectivity index (χ1v) is 8.64. The highest BCUT2D eigenvalue weighted by Gasteiger charge is 1.97. The molecule has 0 bridgehead atoms. The summed E-state index contributed by atoms with van der Waals surface area (Å²) in [5.74, 6) is 2.14. The highest BCUT2D eigenvalue weighted by Crippen LogP contribution is 2.03. The Morgan fingerprint density at radius 3 is 2.45 bits per heavy atom. The molecule has 0 radical (unpaired) electrons. The molecule has 4 heteroatoms. The lowest BCUT2D eigenvalue weighted by atomic mass is 10.1. The SMILES string of the molecule is CN=C(NCCCCSC)NCCc1ccc(C)cc1.